The largest absolute Gasteiger partial charge is 0.370 e. The normalized spacial score (nSPS) is 18.0. The number of ether oxygens (including phenoxy) is 1. The van der Waals surface area contributed by atoms with Crippen molar-refractivity contribution in [3.8, 4) is 0 Å². The van der Waals surface area contributed by atoms with Crippen molar-refractivity contribution in [2.75, 3.05) is 6.61 Å². The third-order valence-electron chi connectivity index (χ3n) is 4.37. The Labute approximate surface area is 129 Å². The molecule has 0 radical (unpaired) electrons. The van der Waals surface area contributed by atoms with Gasteiger partial charge in [0.05, 0.1) is 12.7 Å². The summed E-state index contributed by atoms with van der Waals surface area (Å²) in [6, 6.07) is 10.4. The van der Waals surface area contributed by atoms with Crippen molar-refractivity contribution in [2.24, 2.45) is 5.92 Å². The van der Waals surface area contributed by atoms with E-state index in [-0.39, 0.29) is 6.10 Å². The number of rotatable bonds is 7. The second-order valence-corrected chi connectivity index (χ2v) is 6.02. The smallest absolute Gasteiger partial charge is 0.0760 e. The highest BCUT2D eigenvalue weighted by Crippen LogP contribution is 2.29. The Kier molecular flexibility index (Phi) is 6.75. The average Bonchev–Trinajstić information content (AvgIpc) is 2.56. The molecule has 0 aliphatic heterocycles. The van der Waals surface area contributed by atoms with Gasteiger partial charge in [-0.1, -0.05) is 75.2 Å². The van der Waals surface area contributed by atoms with E-state index in [1.165, 1.54) is 43.2 Å². The van der Waals surface area contributed by atoms with E-state index in [0.29, 0.717) is 12.5 Å². The van der Waals surface area contributed by atoms with Crippen LogP contribution in [0, 0.1) is 5.92 Å². The summed E-state index contributed by atoms with van der Waals surface area (Å²) in [4.78, 5) is 0. The summed E-state index contributed by atoms with van der Waals surface area (Å²) in [5, 5.41) is 0. The number of hydrogen-bond donors (Lipinski definition) is 0. The maximum absolute atomic E-state index is 6.04. The van der Waals surface area contributed by atoms with Crippen molar-refractivity contribution < 1.29 is 4.74 Å². The second kappa shape index (κ2) is 8.84. The predicted octanol–water partition coefficient (Wildman–Crippen LogP) is 5.63. The fourth-order valence-corrected chi connectivity index (χ4v) is 2.93. The molecule has 1 heteroatoms. The second-order valence-electron chi connectivity index (χ2n) is 6.02. The molecular formula is C20H28O. The highest BCUT2D eigenvalue weighted by Gasteiger charge is 2.17. The molecule has 1 unspecified atom stereocenters. The van der Waals surface area contributed by atoms with E-state index in [1.807, 2.05) is 6.07 Å². The van der Waals surface area contributed by atoms with Gasteiger partial charge in [-0.2, -0.15) is 0 Å². The SMILES string of the molecule is C=C(COC(/C=C/c1ccccc1)CC)C1CCCCC1. The molecule has 0 amide bonds. The van der Waals surface area contributed by atoms with Gasteiger partial charge >= 0.3 is 0 Å². The van der Waals surface area contributed by atoms with Crippen LogP contribution >= 0.6 is 0 Å². The molecule has 0 bridgehead atoms. The van der Waals surface area contributed by atoms with Gasteiger partial charge in [-0.05, 0) is 36.3 Å². The highest BCUT2D eigenvalue weighted by molar-refractivity contribution is 5.49. The molecule has 1 nitrogen and oxygen atoms in total. The molecule has 0 aromatic heterocycles. The summed E-state index contributed by atoms with van der Waals surface area (Å²) in [6.45, 7) is 7.13. The lowest BCUT2D eigenvalue weighted by Crippen LogP contribution is -2.16. The van der Waals surface area contributed by atoms with Gasteiger partial charge in [0.15, 0.2) is 0 Å². The Hall–Kier alpha value is -1.34. The third-order valence-corrected chi connectivity index (χ3v) is 4.37. The van der Waals surface area contributed by atoms with E-state index in [0.717, 1.165) is 6.42 Å². The molecule has 1 fully saturated rings. The molecule has 0 N–H and O–H groups in total. The Morgan fingerprint density at radius 1 is 1.24 bits per heavy atom. The lowest BCUT2D eigenvalue weighted by Gasteiger charge is -2.24. The van der Waals surface area contributed by atoms with Gasteiger partial charge in [-0.25, -0.2) is 0 Å². The lowest BCUT2D eigenvalue weighted by molar-refractivity contribution is 0.0952. The average molecular weight is 284 g/mol. The van der Waals surface area contributed by atoms with Crippen LogP contribution in [0.3, 0.4) is 0 Å². The summed E-state index contributed by atoms with van der Waals surface area (Å²) in [7, 11) is 0. The highest BCUT2D eigenvalue weighted by atomic mass is 16.5. The minimum atomic E-state index is 0.186. The van der Waals surface area contributed by atoms with Gasteiger partial charge in [0.2, 0.25) is 0 Å². The Morgan fingerprint density at radius 3 is 2.62 bits per heavy atom. The molecule has 1 aromatic carbocycles. The number of hydrogen-bond acceptors (Lipinski definition) is 1. The predicted molar refractivity (Wildman–Crippen MR) is 91.2 cm³/mol. The van der Waals surface area contributed by atoms with Crippen LogP contribution in [0.4, 0.5) is 0 Å². The minimum Gasteiger partial charge on any atom is -0.370 e. The van der Waals surface area contributed by atoms with E-state index < -0.39 is 0 Å². The summed E-state index contributed by atoms with van der Waals surface area (Å²) < 4.78 is 6.04. The quantitative estimate of drug-likeness (QED) is 0.589. The third kappa shape index (κ3) is 5.51. The molecule has 21 heavy (non-hydrogen) atoms. The fourth-order valence-electron chi connectivity index (χ4n) is 2.93. The zero-order valence-electron chi connectivity index (χ0n) is 13.3. The van der Waals surface area contributed by atoms with Crippen LogP contribution < -0.4 is 0 Å². The molecule has 1 atom stereocenters. The van der Waals surface area contributed by atoms with Crippen LogP contribution in [0.25, 0.3) is 6.08 Å². The van der Waals surface area contributed by atoms with Crippen LogP contribution in [0.5, 0.6) is 0 Å². The molecule has 1 aliphatic carbocycles. The summed E-state index contributed by atoms with van der Waals surface area (Å²) in [6.07, 6.45) is 12.2. The Bertz CT molecular complexity index is 440. The van der Waals surface area contributed by atoms with E-state index >= 15 is 0 Å². The monoisotopic (exact) mass is 284 g/mol. The standard InChI is InChI=1S/C20H28O/c1-3-20(15-14-18-10-6-4-7-11-18)21-16-17(2)19-12-8-5-9-13-19/h4,6-7,10-11,14-15,19-20H,2-3,5,8-9,12-13,16H2,1H3/b15-14+. The molecule has 0 saturated heterocycles. The first-order chi connectivity index (χ1) is 10.3. The van der Waals surface area contributed by atoms with Crippen LogP contribution in [0.1, 0.15) is 51.0 Å². The van der Waals surface area contributed by atoms with E-state index in [4.69, 9.17) is 4.74 Å². The first-order valence-electron chi connectivity index (χ1n) is 8.32. The van der Waals surface area contributed by atoms with Crippen LogP contribution in [0.15, 0.2) is 48.6 Å². The summed E-state index contributed by atoms with van der Waals surface area (Å²) in [5.74, 6) is 0.689. The molecule has 114 valence electrons. The van der Waals surface area contributed by atoms with E-state index in [1.54, 1.807) is 0 Å². The topological polar surface area (TPSA) is 9.23 Å². The van der Waals surface area contributed by atoms with Crippen molar-refractivity contribution in [1.82, 2.24) is 0 Å². The van der Waals surface area contributed by atoms with Crippen molar-refractivity contribution in [3.63, 3.8) is 0 Å². The molecule has 1 aliphatic rings. The van der Waals surface area contributed by atoms with Crippen LogP contribution in [0.2, 0.25) is 0 Å². The van der Waals surface area contributed by atoms with Crippen LogP contribution in [-0.2, 0) is 4.74 Å². The number of benzene rings is 1. The first kappa shape index (κ1) is 16.0. The molecule has 2 rings (SSSR count). The van der Waals surface area contributed by atoms with Crippen molar-refractivity contribution in [2.45, 2.75) is 51.6 Å². The van der Waals surface area contributed by atoms with Gasteiger partial charge < -0.3 is 4.74 Å². The van der Waals surface area contributed by atoms with Gasteiger partial charge in [-0.15, -0.1) is 0 Å². The zero-order chi connectivity index (χ0) is 14.9. The van der Waals surface area contributed by atoms with Gasteiger partial charge in [0.1, 0.15) is 0 Å². The maximum atomic E-state index is 6.04. The Balaban J connectivity index is 1.79. The molecule has 0 spiro atoms. The molecule has 1 aromatic rings. The molecule has 0 heterocycles. The van der Waals surface area contributed by atoms with Gasteiger partial charge in [0, 0.05) is 0 Å². The lowest BCUT2D eigenvalue weighted by atomic mass is 9.85. The minimum absolute atomic E-state index is 0.186. The van der Waals surface area contributed by atoms with Crippen molar-refractivity contribution in [3.05, 3.63) is 54.1 Å². The van der Waals surface area contributed by atoms with Crippen molar-refractivity contribution in [1.29, 1.82) is 0 Å². The summed E-state index contributed by atoms with van der Waals surface area (Å²) >= 11 is 0. The van der Waals surface area contributed by atoms with Crippen LogP contribution in [-0.4, -0.2) is 12.7 Å². The van der Waals surface area contributed by atoms with Gasteiger partial charge in [-0.3, -0.25) is 0 Å². The summed E-state index contributed by atoms with van der Waals surface area (Å²) in [5.41, 5.74) is 2.52. The maximum Gasteiger partial charge on any atom is 0.0760 e. The van der Waals surface area contributed by atoms with Crippen molar-refractivity contribution >= 4 is 6.08 Å². The first-order valence-corrected chi connectivity index (χ1v) is 8.32. The van der Waals surface area contributed by atoms with Gasteiger partial charge in [0.25, 0.3) is 0 Å². The zero-order valence-corrected chi connectivity index (χ0v) is 13.3. The molecule has 1 saturated carbocycles. The molecular weight excluding hydrogens is 256 g/mol. The fraction of sp³-hybridized carbons (Fsp3) is 0.500. The Morgan fingerprint density at radius 2 is 1.95 bits per heavy atom. The van der Waals surface area contributed by atoms with E-state index in [9.17, 15) is 0 Å². The van der Waals surface area contributed by atoms with E-state index in [2.05, 4.69) is 49.9 Å².